The molecule has 4 nitrogen and oxygen atoms in total. The maximum Gasteiger partial charge on any atom is 0.0648 e. The Bertz CT molecular complexity index is 710. The van der Waals surface area contributed by atoms with Gasteiger partial charge in [0.25, 0.3) is 0 Å². The first-order chi connectivity index (χ1) is 11.1. The van der Waals surface area contributed by atoms with E-state index >= 15 is 0 Å². The van der Waals surface area contributed by atoms with Crippen molar-refractivity contribution in [1.29, 1.82) is 0 Å². The van der Waals surface area contributed by atoms with Crippen LogP contribution in [0.1, 0.15) is 45.8 Å². The van der Waals surface area contributed by atoms with Gasteiger partial charge in [-0.15, -0.1) is 0 Å². The van der Waals surface area contributed by atoms with Gasteiger partial charge in [-0.2, -0.15) is 0 Å². The Hall–Kier alpha value is -2.46. The van der Waals surface area contributed by atoms with Gasteiger partial charge in [-0.1, -0.05) is 56.3 Å². The highest BCUT2D eigenvalue weighted by Gasteiger charge is 2.22. The van der Waals surface area contributed by atoms with Crippen molar-refractivity contribution in [2.75, 3.05) is 4.90 Å². The average molecular weight is 329 g/mol. The van der Waals surface area contributed by atoms with Crippen molar-refractivity contribution in [3.63, 3.8) is 0 Å². The second-order valence-corrected chi connectivity index (χ2v) is 5.72. The summed E-state index contributed by atoms with van der Waals surface area (Å²) in [6.45, 7) is 9.23. The molecule has 0 amide bonds. The molecule has 24 heavy (non-hydrogen) atoms. The van der Waals surface area contributed by atoms with E-state index in [0.717, 1.165) is 23.4 Å². The number of hydrogen-bond donors (Lipinski definition) is 3. The van der Waals surface area contributed by atoms with Gasteiger partial charge in [0.05, 0.1) is 11.4 Å². The van der Waals surface area contributed by atoms with E-state index in [9.17, 15) is 0 Å². The minimum absolute atomic E-state index is 0. The molecule has 0 saturated heterocycles. The first kappa shape index (κ1) is 19.6. The van der Waals surface area contributed by atoms with Gasteiger partial charge in [0.15, 0.2) is 0 Å². The monoisotopic (exact) mass is 328 g/mol. The van der Waals surface area contributed by atoms with Crippen molar-refractivity contribution in [2.24, 2.45) is 11.5 Å². The predicted molar refractivity (Wildman–Crippen MR) is 108 cm³/mol. The molecule has 0 aromatic heterocycles. The molecule has 1 aliphatic rings. The molecule has 0 atom stereocenters. The van der Waals surface area contributed by atoms with Crippen LogP contribution in [0.4, 0.5) is 5.69 Å². The van der Waals surface area contributed by atoms with Crippen LogP contribution < -0.4 is 22.5 Å². The number of nitrogens with two attached hydrogens (primary N) is 2. The van der Waals surface area contributed by atoms with E-state index < -0.39 is 0 Å². The summed E-state index contributed by atoms with van der Waals surface area (Å²) >= 11 is 0. The molecule has 0 unspecified atom stereocenters. The Balaban J connectivity index is 0.00000139. The van der Waals surface area contributed by atoms with Crippen LogP contribution in [0.3, 0.4) is 0 Å². The van der Waals surface area contributed by atoms with Crippen LogP contribution >= 0.6 is 0 Å². The van der Waals surface area contributed by atoms with Crippen molar-refractivity contribution < 1.29 is 1.43 Å². The Labute approximate surface area is 147 Å². The summed E-state index contributed by atoms with van der Waals surface area (Å²) in [6, 6.07) is 16.8. The first-order valence-corrected chi connectivity index (χ1v) is 8.29. The highest BCUT2D eigenvalue weighted by molar-refractivity contribution is 5.93. The summed E-state index contributed by atoms with van der Waals surface area (Å²) in [7, 11) is 0. The molecule has 7 N–H and O–H groups in total. The van der Waals surface area contributed by atoms with Gasteiger partial charge < -0.3 is 22.5 Å². The Morgan fingerprint density at radius 3 is 2.00 bits per heavy atom. The Morgan fingerprint density at radius 1 is 0.875 bits per heavy atom. The minimum Gasteiger partial charge on any atom is -0.397 e. The molecule has 3 rings (SSSR count). The summed E-state index contributed by atoms with van der Waals surface area (Å²) in [5.41, 5.74) is 18.4. The van der Waals surface area contributed by atoms with Gasteiger partial charge >= 0.3 is 0 Å². The zero-order valence-electron chi connectivity index (χ0n) is 15.2. The van der Waals surface area contributed by atoms with Gasteiger partial charge in [-0.05, 0) is 25.5 Å². The SMILES string of the molecule is CC.CC(C)N1Cc2ccccc2/C(N)=C(/N)c2ccccc21.N.[HH]. The van der Waals surface area contributed by atoms with E-state index in [1.807, 2.05) is 50.2 Å². The molecule has 132 valence electrons. The van der Waals surface area contributed by atoms with Crippen molar-refractivity contribution in [3.05, 3.63) is 65.2 Å². The normalized spacial score (nSPS) is 16.0. The third-order valence-corrected chi connectivity index (χ3v) is 4.07. The molecular formula is C20H32N4. The molecule has 0 radical (unpaired) electrons. The lowest BCUT2D eigenvalue weighted by molar-refractivity contribution is 0.680. The molecule has 1 aliphatic heterocycles. The second-order valence-electron chi connectivity index (χ2n) is 5.72. The third-order valence-electron chi connectivity index (χ3n) is 4.07. The van der Waals surface area contributed by atoms with Crippen molar-refractivity contribution in [3.8, 4) is 0 Å². The number of fused-ring (bicyclic) bond motifs is 2. The van der Waals surface area contributed by atoms with Crippen LogP contribution in [-0.4, -0.2) is 6.04 Å². The van der Waals surface area contributed by atoms with Crippen LogP contribution in [0.5, 0.6) is 0 Å². The number of benzene rings is 2. The molecule has 2 aromatic carbocycles. The van der Waals surface area contributed by atoms with E-state index in [4.69, 9.17) is 11.5 Å². The lowest BCUT2D eigenvalue weighted by atomic mass is 9.96. The zero-order valence-corrected chi connectivity index (χ0v) is 15.2. The van der Waals surface area contributed by atoms with Gasteiger partial charge in [0, 0.05) is 30.8 Å². The standard InChI is InChI=1S/C18H21N3.C2H6.H3N.H2/c1-12(2)21-11-13-7-3-4-8-14(13)17(19)18(20)15-9-5-6-10-16(15)21;1-2;;/h3-10,12H,11,19-20H2,1-2H3;1-2H3;1H3;1H/b18-17-;;;. The summed E-state index contributed by atoms with van der Waals surface area (Å²) in [6.07, 6.45) is 0. The third kappa shape index (κ3) is 3.54. The second kappa shape index (κ2) is 8.41. The maximum absolute atomic E-state index is 6.36. The van der Waals surface area contributed by atoms with Crippen molar-refractivity contribution in [2.45, 2.75) is 40.3 Å². The average Bonchev–Trinajstić information content (AvgIpc) is 2.59. The van der Waals surface area contributed by atoms with Crippen molar-refractivity contribution in [1.82, 2.24) is 6.15 Å². The largest absolute Gasteiger partial charge is 0.397 e. The Morgan fingerprint density at radius 2 is 1.38 bits per heavy atom. The molecule has 0 saturated carbocycles. The summed E-state index contributed by atoms with van der Waals surface area (Å²) < 4.78 is 0. The number of para-hydroxylation sites is 1. The zero-order chi connectivity index (χ0) is 17.0. The molecule has 0 spiro atoms. The number of anilines is 1. The number of rotatable bonds is 1. The van der Waals surface area contributed by atoms with Crippen LogP contribution in [0.25, 0.3) is 11.4 Å². The van der Waals surface area contributed by atoms with Crippen molar-refractivity contribution >= 4 is 17.1 Å². The van der Waals surface area contributed by atoms with E-state index in [2.05, 4.69) is 30.9 Å². The number of nitrogens with zero attached hydrogens (tertiary/aromatic N) is 1. The van der Waals surface area contributed by atoms with Gasteiger partial charge in [-0.25, -0.2) is 0 Å². The topological polar surface area (TPSA) is 90.3 Å². The fourth-order valence-corrected chi connectivity index (χ4v) is 2.89. The predicted octanol–water partition coefficient (Wildman–Crippen LogP) is 4.59. The van der Waals surface area contributed by atoms with Gasteiger partial charge in [0.2, 0.25) is 0 Å². The Kier molecular flexibility index (Phi) is 6.86. The lowest BCUT2D eigenvalue weighted by Crippen LogP contribution is -2.33. The highest BCUT2D eigenvalue weighted by atomic mass is 15.2. The minimum atomic E-state index is 0. The quantitative estimate of drug-likeness (QED) is 0.714. The molecule has 2 aromatic rings. The fraction of sp³-hybridized carbons (Fsp3) is 0.300. The summed E-state index contributed by atoms with van der Waals surface area (Å²) in [5.74, 6) is 0. The van der Waals surface area contributed by atoms with E-state index in [1.54, 1.807) is 0 Å². The highest BCUT2D eigenvalue weighted by Crippen LogP contribution is 2.34. The first-order valence-electron chi connectivity index (χ1n) is 8.29. The fourth-order valence-electron chi connectivity index (χ4n) is 2.89. The van der Waals surface area contributed by atoms with E-state index in [-0.39, 0.29) is 7.58 Å². The molecule has 4 heteroatoms. The molecule has 0 fully saturated rings. The molecule has 0 aliphatic carbocycles. The van der Waals surface area contributed by atoms with Crippen LogP contribution in [0.15, 0.2) is 48.5 Å². The van der Waals surface area contributed by atoms with Gasteiger partial charge in [0.1, 0.15) is 0 Å². The number of hydrogen-bond acceptors (Lipinski definition) is 4. The van der Waals surface area contributed by atoms with Crippen LogP contribution in [0.2, 0.25) is 0 Å². The van der Waals surface area contributed by atoms with Gasteiger partial charge in [-0.3, -0.25) is 0 Å². The summed E-state index contributed by atoms with van der Waals surface area (Å²) in [4.78, 5) is 2.37. The molecule has 1 heterocycles. The maximum atomic E-state index is 6.36. The summed E-state index contributed by atoms with van der Waals surface area (Å²) in [5, 5.41) is 0. The molecular weight excluding hydrogens is 296 g/mol. The van der Waals surface area contributed by atoms with E-state index in [0.29, 0.717) is 17.4 Å². The van der Waals surface area contributed by atoms with E-state index in [1.165, 1.54) is 5.56 Å². The van der Waals surface area contributed by atoms with Crippen LogP contribution in [-0.2, 0) is 6.54 Å². The smallest absolute Gasteiger partial charge is 0.0648 e. The lowest BCUT2D eigenvalue weighted by Gasteiger charge is -2.33. The van der Waals surface area contributed by atoms with Crippen LogP contribution in [0, 0.1) is 0 Å². The molecule has 0 bridgehead atoms.